The van der Waals surface area contributed by atoms with Gasteiger partial charge in [-0.1, -0.05) is 12.1 Å². The second-order valence-corrected chi connectivity index (χ2v) is 4.90. The molecule has 0 unspecified atom stereocenters. The first-order valence-corrected chi connectivity index (χ1v) is 6.20. The molecule has 0 aromatic heterocycles. The van der Waals surface area contributed by atoms with Gasteiger partial charge in [-0.15, -0.1) is 0 Å². The molecule has 100 valence electrons. The van der Waals surface area contributed by atoms with Crippen molar-refractivity contribution >= 4 is 0 Å². The van der Waals surface area contributed by atoms with Crippen molar-refractivity contribution in [2.24, 2.45) is 0 Å². The van der Waals surface area contributed by atoms with Crippen molar-refractivity contribution in [2.45, 2.75) is 27.2 Å². The van der Waals surface area contributed by atoms with Crippen LogP contribution < -0.4 is 0 Å². The zero-order chi connectivity index (χ0) is 14.2. The molecular formula is C16H18O3. The van der Waals surface area contributed by atoms with Crippen molar-refractivity contribution in [1.82, 2.24) is 0 Å². The van der Waals surface area contributed by atoms with Gasteiger partial charge in [-0.3, -0.25) is 0 Å². The summed E-state index contributed by atoms with van der Waals surface area (Å²) in [5.41, 5.74) is 4.11. The normalized spacial score (nSPS) is 10.7. The fraction of sp³-hybridized carbons (Fsp3) is 0.250. The molecule has 0 saturated carbocycles. The molecule has 2 rings (SSSR count). The summed E-state index contributed by atoms with van der Waals surface area (Å²) in [6.07, 6.45) is 0.437. The number of rotatable bonds is 2. The molecule has 0 aliphatic carbocycles. The molecule has 19 heavy (non-hydrogen) atoms. The van der Waals surface area contributed by atoms with Gasteiger partial charge < -0.3 is 15.3 Å². The Morgan fingerprint density at radius 1 is 0.895 bits per heavy atom. The van der Waals surface area contributed by atoms with Crippen LogP contribution in [-0.4, -0.2) is 15.3 Å². The molecule has 3 N–H and O–H groups in total. The SMILES string of the molecule is Cc1cc(Cc2c(O)cccc2O)c(C)c(C)c1O. The average molecular weight is 258 g/mol. The van der Waals surface area contributed by atoms with E-state index in [0.29, 0.717) is 17.7 Å². The minimum absolute atomic E-state index is 0.0859. The van der Waals surface area contributed by atoms with Crippen LogP contribution in [0.5, 0.6) is 17.2 Å². The highest BCUT2D eigenvalue weighted by atomic mass is 16.3. The van der Waals surface area contributed by atoms with Crippen LogP contribution in [0, 0.1) is 20.8 Å². The fourth-order valence-electron chi connectivity index (χ4n) is 2.27. The summed E-state index contributed by atoms with van der Waals surface area (Å²) >= 11 is 0. The Morgan fingerprint density at radius 3 is 2.05 bits per heavy atom. The molecule has 0 fully saturated rings. The molecule has 0 heterocycles. The molecule has 0 aliphatic rings. The molecule has 2 aromatic carbocycles. The Kier molecular flexibility index (Phi) is 3.38. The van der Waals surface area contributed by atoms with Crippen LogP contribution in [0.3, 0.4) is 0 Å². The maximum Gasteiger partial charge on any atom is 0.122 e. The Labute approximate surface area is 112 Å². The van der Waals surface area contributed by atoms with E-state index in [0.717, 1.165) is 22.3 Å². The van der Waals surface area contributed by atoms with Crippen molar-refractivity contribution in [1.29, 1.82) is 0 Å². The summed E-state index contributed by atoms with van der Waals surface area (Å²) in [5, 5.41) is 29.5. The number of aromatic hydroxyl groups is 3. The average Bonchev–Trinajstić information content (AvgIpc) is 2.37. The molecule has 0 radical (unpaired) electrons. The van der Waals surface area contributed by atoms with E-state index in [1.54, 1.807) is 18.2 Å². The van der Waals surface area contributed by atoms with Crippen LogP contribution in [0.4, 0.5) is 0 Å². The van der Waals surface area contributed by atoms with E-state index in [-0.39, 0.29) is 11.5 Å². The van der Waals surface area contributed by atoms with E-state index in [9.17, 15) is 15.3 Å². The molecule has 0 aliphatic heterocycles. The molecule has 2 aromatic rings. The maximum atomic E-state index is 9.89. The van der Waals surface area contributed by atoms with Crippen LogP contribution >= 0.6 is 0 Å². The van der Waals surface area contributed by atoms with E-state index in [1.807, 2.05) is 26.8 Å². The number of hydrogen-bond donors (Lipinski definition) is 3. The van der Waals surface area contributed by atoms with E-state index in [2.05, 4.69) is 0 Å². The summed E-state index contributed by atoms with van der Waals surface area (Å²) in [6, 6.07) is 6.62. The van der Waals surface area contributed by atoms with E-state index < -0.39 is 0 Å². The molecule has 0 spiro atoms. The third-order valence-electron chi connectivity index (χ3n) is 3.66. The van der Waals surface area contributed by atoms with Crippen molar-refractivity contribution in [2.75, 3.05) is 0 Å². The van der Waals surface area contributed by atoms with Gasteiger partial charge in [0.1, 0.15) is 17.2 Å². The van der Waals surface area contributed by atoms with Crippen LogP contribution in [-0.2, 0) is 6.42 Å². The second-order valence-electron chi connectivity index (χ2n) is 4.90. The molecule has 3 nitrogen and oxygen atoms in total. The first kappa shape index (κ1) is 13.3. The van der Waals surface area contributed by atoms with Crippen LogP contribution in [0.1, 0.15) is 27.8 Å². The smallest absolute Gasteiger partial charge is 0.122 e. The predicted octanol–water partition coefficient (Wildman–Crippen LogP) is 3.32. The molecule has 0 bridgehead atoms. The summed E-state index contributed by atoms with van der Waals surface area (Å²) in [7, 11) is 0. The largest absolute Gasteiger partial charge is 0.508 e. The number of hydrogen-bond acceptors (Lipinski definition) is 3. The minimum atomic E-state index is 0.0859. The van der Waals surface area contributed by atoms with E-state index >= 15 is 0 Å². The van der Waals surface area contributed by atoms with E-state index in [1.165, 1.54) is 0 Å². The molecule has 0 atom stereocenters. The van der Waals surface area contributed by atoms with Gasteiger partial charge in [-0.25, -0.2) is 0 Å². The number of phenolic OH excluding ortho intramolecular Hbond substituents is 3. The Morgan fingerprint density at radius 2 is 1.47 bits per heavy atom. The monoisotopic (exact) mass is 258 g/mol. The lowest BCUT2D eigenvalue weighted by Crippen LogP contribution is -1.97. The first-order chi connectivity index (χ1) is 8.91. The summed E-state index contributed by atoms with van der Waals surface area (Å²) in [5.74, 6) is 0.480. The van der Waals surface area contributed by atoms with Gasteiger partial charge >= 0.3 is 0 Å². The Balaban J connectivity index is 2.50. The number of aryl methyl sites for hydroxylation is 1. The molecule has 3 heteroatoms. The van der Waals surface area contributed by atoms with Gasteiger partial charge in [0.05, 0.1) is 0 Å². The van der Waals surface area contributed by atoms with Crippen molar-refractivity contribution in [3.63, 3.8) is 0 Å². The fourth-order valence-corrected chi connectivity index (χ4v) is 2.27. The van der Waals surface area contributed by atoms with Crippen molar-refractivity contribution in [3.05, 3.63) is 52.1 Å². The Bertz CT molecular complexity index is 610. The van der Waals surface area contributed by atoms with Crippen molar-refractivity contribution in [3.8, 4) is 17.2 Å². The molecule has 0 saturated heterocycles. The zero-order valence-electron chi connectivity index (χ0n) is 11.4. The third-order valence-corrected chi connectivity index (χ3v) is 3.66. The van der Waals surface area contributed by atoms with Gasteiger partial charge in [-0.2, -0.15) is 0 Å². The zero-order valence-corrected chi connectivity index (χ0v) is 11.4. The highest BCUT2D eigenvalue weighted by Gasteiger charge is 2.13. The first-order valence-electron chi connectivity index (χ1n) is 6.20. The predicted molar refractivity (Wildman–Crippen MR) is 74.9 cm³/mol. The van der Waals surface area contributed by atoms with Gasteiger partial charge in [0, 0.05) is 12.0 Å². The van der Waals surface area contributed by atoms with Gasteiger partial charge in [0.15, 0.2) is 0 Å². The topological polar surface area (TPSA) is 60.7 Å². The van der Waals surface area contributed by atoms with Crippen LogP contribution in [0.2, 0.25) is 0 Å². The number of benzene rings is 2. The minimum Gasteiger partial charge on any atom is -0.508 e. The Hall–Kier alpha value is -2.16. The highest BCUT2D eigenvalue weighted by molar-refractivity contribution is 5.52. The van der Waals surface area contributed by atoms with E-state index in [4.69, 9.17) is 0 Å². The van der Waals surface area contributed by atoms with Crippen LogP contribution in [0.25, 0.3) is 0 Å². The lowest BCUT2D eigenvalue weighted by atomic mass is 9.93. The standard InChI is InChI=1S/C16H18O3/c1-9-7-12(10(2)11(3)16(9)19)8-13-14(17)5-4-6-15(13)18/h4-7,17-19H,8H2,1-3H3. The van der Waals surface area contributed by atoms with Crippen molar-refractivity contribution < 1.29 is 15.3 Å². The number of phenols is 3. The summed E-state index contributed by atoms with van der Waals surface area (Å²) in [6.45, 7) is 5.64. The summed E-state index contributed by atoms with van der Waals surface area (Å²) < 4.78 is 0. The van der Waals surface area contributed by atoms with Gasteiger partial charge in [-0.05, 0) is 55.2 Å². The maximum absolute atomic E-state index is 9.89. The lowest BCUT2D eigenvalue weighted by Gasteiger charge is -2.14. The van der Waals surface area contributed by atoms with Gasteiger partial charge in [0.25, 0.3) is 0 Å². The molecule has 0 amide bonds. The van der Waals surface area contributed by atoms with Gasteiger partial charge in [0.2, 0.25) is 0 Å². The highest BCUT2D eigenvalue weighted by Crippen LogP contribution is 2.33. The quantitative estimate of drug-likeness (QED) is 0.774. The summed E-state index contributed by atoms with van der Waals surface area (Å²) in [4.78, 5) is 0. The third kappa shape index (κ3) is 2.36. The van der Waals surface area contributed by atoms with Crippen LogP contribution in [0.15, 0.2) is 24.3 Å². The molecular weight excluding hydrogens is 240 g/mol. The lowest BCUT2D eigenvalue weighted by molar-refractivity contribution is 0.440. The second kappa shape index (κ2) is 4.84.